The van der Waals surface area contributed by atoms with Crippen LogP contribution in [0.5, 0.6) is 0 Å². The maximum absolute atomic E-state index is 12.9. The summed E-state index contributed by atoms with van der Waals surface area (Å²) >= 11 is 0. The summed E-state index contributed by atoms with van der Waals surface area (Å²) in [5.41, 5.74) is 3.67. The average molecular weight is 438 g/mol. The molecule has 1 aromatic rings. The molecular weight excluding hydrogens is 402 g/mol. The van der Waals surface area contributed by atoms with Gasteiger partial charge in [-0.2, -0.15) is 0 Å². The van der Waals surface area contributed by atoms with Crippen LogP contribution in [-0.4, -0.2) is 72.6 Å². The largest absolute Gasteiger partial charge is 0.335 e. The van der Waals surface area contributed by atoms with Gasteiger partial charge < -0.3 is 20.1 Å². The monoisotopic (exact) mass is 437 g/mol. The average Bonchev–Trinajstić information content (AvgIpc) is 2.76. The fraction of sp³-hybridized carbons (Fsp3) is 0.680. The smallest absolute Gasteiger partial charge is 0.251 e. The van der Waals surface area contributed by atoms with Gasteiger partial charge in [0.05, 0.1) is 0 Å². The molecule has 5 aliphatic rings. The lowest BCUT2D eigenvalue weighted by Gasteiger charge is -2.49. The molecule has 6 heterocycles. The van der Waals surface area contributed by atoms with Crippen LogP contribution in [0.4, 0.5) is 0 Å². The molecule has 4 bridgehead atoms. The molecule has 1 amide bonds. The zero-order chi connectivity index (χ0) is 21.8. The van der Waals surface area contributed by atoms with Gasteiger partial charge in [-0.25, -0.2) is 0 Å². The Balaban J connectivity index is 1.16. The Morgan fingerprint density at radius 3 is 2.69 bits per heavy atom. The van der Waals surface area contributed by atoms with Crippen molar-refractivity contribution < 1.29 is 4.79 Å². The number of fused-ring (bicyclic) bond motifs is 8. The predicted molar refractivity (Wildman–Crippen MR) is 123 cm³/mol. The van der Waals surface area contributed by atoms with E-state index < -0.39 is 0 Å². The van der Waals surface area contributed by atoms with Gasteiger partial charge in [-0.15, -0.1) is 0 Å². The number of piperidine rings is 3. The number of likely N-dealkylation sites (N-methyl/N-ethyl adjacent to an activating group) is 1. The fourth-order valence-electron chi connectivity index (χ4n) is 7.06. The van der Waals surface area contributed by atoms with Crippen LogP contribution in [0.3, 0.4) is 0 Å². The summed E-state index contributed by atoms with van der Waals surface area (Å²) in [6.07, 6.45) is 5.31. The van der Waals surface area contributed by atoms with E-state index in [0.717, 1.165) is 64.3 Å². The van der Waals surface area contributed by atoms with Crippen LogP contribution >= 0.6 is 0 Å². The first kappa shape index (κ1) is 20.6. The van der Waals surface area contributed by atoms with Gasteiger partial charge in [0, 0.05) is 62.5 Å². The molecule has 0 aliphatic carbocycles. The number of hydrogen-bond donors (Lipinski definition) is 2. The van der Waals surface area contributed by atoms with E-state index in [1.807, 2.05) is 16.7 Å². The van der Waals surface area contributed by atoms with Crippen molar-refractivity contribution in [2.24, 2.45) is 17.8 Å². The molecule has 5 aliphatic heterocycles. The minimum atomic E-state index is 0.145. The number of nitrogens with one attached hydrogen (secondary N) is 2. The van der Waals surface area contributed by atoms with E-state index in [-0.39, 0.29) is 11.5 Å². The quantitative estimate of drug-likeness (QED) is 0.728. The van der Waals surface area contributed by atoms with Crippen molar-refractivity contribution in [3.05, 3.63) is 45.4 Å². The number of pyridine rings is 1. The Labute approximate surface area is 189 Å². The van der Waals surface area contributed by atoms with Gasteiger partial charge in [0.2, 0.25) is 5.91 Å². The summed E-state index contributed by atoms with van der Waals surface area (Å²) in [6, 6.07) is 4.43. The molecule has 0 saturated carbocycles. The number of nitrogens with zero attached hydrogens (tertiary/aromatic N) is 3. The van der Waals surface area contributed by atoms with Gasteiger partial charge in [-0.05, 0) is 80.9 Å². The van der Waals surface area contributed by atoms with Crippen molar-refractivity contribution in [2.45, 2.75) is 44.3 Å². The Kier molecular flexibility index (Phi) is 5.23. The number of amides is 1. The zero-order valence-electron chi connectivity index (χ0n) is 19.1. The molecular formula is C25H35N5O2. The lowest BCUT2D eigenvalue weighted by atomic mass is 9.76. The molecule has 3 saturated heterocycles. The molecule has 172 valence electrons. The van der Waals surface area contributed by atoms with Crippen LogP contribution in [0.1, 0.15) is 36.4 Å². The Morgan fingerprint density at radius 1 is 1.00 bits per heavy atom. The highest BCUT2D eigenvalue weighted by atomic mass is 16.2. The normalized spacial score (nSPS) is 33.6. The minimum absolute atomic E-state index is 0.145. The van der Waals surface area contributed by atoms with E-state index in [2.05, 4.69) is 33.5 Å². The number of aromatic nitrogens is 1. The van der Waals surface area contributed by atoms with Crippen LogP contribution in [0.2, 0.25) is 0 Å². The molecule has 0 aromatic carbocycles. The lowest BCUT2D eigenvalue weighted by Crippen LogP contribution is -2.59. The second-order valence-corrected chi connectivity index (χ2v) is 11.0. The number of rotatable bonds is 4. The van der Waals surface area contributed by atoms with Crippen molar-refractivity contribution in [2.75, 3.05) is 46.3 Å². The van der Waals surface area contributed by atoms with E-state index in [4.69, 9.17) is 0 Å². The molecule has 7 nitrogen and oxygen atoms in total. The Bertz CT molecular complexity index is 1000. The molecule has 1 aromatic heterocycles. The van der Waals surface area contributed by atoms with Crippen LogP contribution in [0, 0.1) is 17.8 Å². The Morgan fingerprint density at radius 2 is 1.81 bits per heavy atom. The molecule has 2 N–H and O–H groups in total. The van der Waals surface area contributed by atoms with E-state index in [1.54, 1.807) is 0 Å². The van der Waals surface area contributed by atoms with Crippen molar-refractivity contribution in [1.82, 2.24) is 25.0 Å². The summed E-state index contributed by atoms with van der Waals surface area (Å²) in [5.74, 6) is 2.42. The molecule has 5 atom stereocenters. The van der Waals surface area contributed by atoms with E-state index in [1.165, 1.54) is 24.1 Å². The molecule has 3 fully saturated rings. The summed E-state index contributed by atoms with van der Waals surface area (Å²) in [6.45, 7) is 7.34. The van der Waals surface area contributed by atoms with Crippen molar-refractivity contribution in [3.8, 4) is 0 Å². The molecule has 6 rings (SSSR count). The standard InChI is InChI=1S/C25H35N5O2/c1-28(12-16-4-22-20-2-18(8-26-10-20)14-29(22)24(31)6-16)13-17-5-23-21-3-19(9-27-11-21)15-30(23)25(32)7-17/h4,6-7,18-21,23,26-27H,2-3,5,8-15H2,1H3/t18-,19+,20+,21?,23?/m0/s1. The highest BCUT2D eigenvalue weighted by Crippen LogP contribution is 2.36. The first-order chi connectivity index (χ1) is 15.5. The topological polar surface area (TPSA) is 69.6 Å². The number of hydrogen-bond acceptors (Lipinski definition) is 5. The van der Waals surface area contributed by atoms with E-state index in [0.29, 0.717) is 29.7 Å². The van der Waals surface area contributed by atoms with Gasteiger partial charge in [-0.1, -0.05) is 0 Å². The minimum Gasteiger partial charge on any atom is -0.335 e. The summed E-state index contributed by atoms with van der Waals surface area (Å²) in [7, 11) is 2.10. The summed E-state index contributed by atoms with van der Waals surface area (Å²) < 4.78 is 2.01. The summed E-state index contributed by atoms with van der Waals surface area (Å²) in [5, 5.41) is 7.09. The first-order valence-corrected chi connectivity index (χ1v) is 12.4. The number of carbonyl (C=O) groups is 1. The van der Waals surface area contributed by atoms with Crippen molar-refractivity contribution in [1.29, 1.82) is 0 Å². The highest BCUT2D eigenvalue weighted by molar-refractivity contribution is 5.90. The summed E-state index contributed by atoms with van der Waals surface area (Å²) in [4.78, 5) is 30.1. The van der Waals surface area contributed by atoms with E-state index >= 15 is 0 Å². The number of carbonyl (C=O) groups excluding carboxylic acids is 1. The molecule has 32 heavy (non-hydrogen) atoms. The highest BCUT2D eigenvalue weighted by Gasteiger charge is 2.42. The van der Waals surface area contributed by atoms with E-state index in [9.17, 15) is 9.59 Å². The third kappa shape index (κ3) is 3.74. The van der Waals surface area contributed by atoms with Crippen LogP contribution in [-0.2, 0) is 17.9 Å². The third-order valence-corrected chi connectivity index (χ3v) is 8.40. The molecule has 0 radical (unpaired) electrons. The van der Waals surface area contributed by atoms with Crippen molar-refractivity contribution >= 4 is 5.91 Å². The fourth-order valence-corrected chi connectivity index (χ4v) is 7.06. The zero-order valence-corrected chi connectivity index (χ0v) is 19.1. The first-order valence-electron chi connectivity index (χ1n) is 12.4. The van der Waals surface area contributed by atoms with Gasteiger partial charge in [0.15, 0.2) is 0 Å². The van der Waals surface area contributed by atoms with Gasteiger partial charge >= 0.3 is 0 Å². The molecule has 0 spiro atoms. The lowest BCUT2D eigenvalue weighted by molar-refractivity contribution is -0.134. The molecule has 2 unspecified atom stereocenters. The SMILES string of the molecule is CN(CC1=CC(=O)N2C[C@H]3CNCC(C3)C2C1)Cc1cc2n(c(=O)c1)C[C@@H]1CNC[C@H]2C1. The second-order valence-electron chi connectivity index (χ2n) is 11.0. The van der Waals surface area contributed by atoms with Gasteiger partial charge in [0.1, 0.15) is 0 Å². The maximum Gasteiger partial charge on any atom is 0.251 e. The molecule has 7 heteroatoms. The van der Waals surface area contributed by atoms with Crippen LogP contribution in [0.25, 0.3) is 0 Å². The van der Waals surface area contributed by atoms with Crippen LogP contribution < -0.4 is 16.2 Å². The third-order valence-electron chi connectivity index (χ3n) is 8.40. The van der Waals surface area contributed by atoms with Gasteiger partial charge in [0.25, 0.3) is 5.56 Å². The van der Waals surface area contributed by atoms with Crippen LogP contribution in [0.15, 0.2) is 28.6 Å². The maximum atomic E-state index is 12.9. The Hall–Kier alpha value is -1.96. The predicted octanol–water partition coefficient (Wildman–Crippen LogP) is 0.753. The van der Waals surface area contributed by atoms with Crippen molar-refractivity contribution in [3.63, 3.8) is 0 Å². The van der Waals surface area contributed by atoms with Gasteiger partial charge in [-0.3, -0.25) is 14.5 Å². The second kappa shape index (κ2) is 8.12.